The average Bonchev–Trinajstić information content (AvgIpc) is 2.86. The number of nitrogens with zero attached hydrogens (tertiary/aromatic N) is 2. The van der Waals surface area contributed by atoms with Crippen LogP contribution in [0.4, 0.5) is 0 Å². The van der Waals surface area contributed by atoms with E-state index in [1.165, 1.54) is 37.1 Å². The summed E-state index contributed by atoms with van der Waals surface area (Å²) in [5.74, 6) is 0.754. The molecular weight excluding hydrogens is 529 g/mol. The minimum atomic E-state index is -0.333. The van der Waals surface area contributed by atoms with Gasteiger partial charge in [0.1, 0.15) is 0 Å². The number of benzene rings is 2. The third kappa shape index (κ3) is 8.47. The van der Waals surface area contributed by atoms with Gasteiger partial charge in [0.15, 0.2) is 15.8 Å². The molecule has 188 valence electrons. The van der Waals surface area contributed by atoms with E-state index in [2.05, 4.69) is 17.2 Å². The highest BCUT2D eigenvalue weighted by molar-refractivity contribution is 8.14. The quantitative estimate of drug-likeness (QED) is 0.294. The summed E-state index contributed by atoms with van der Waals surface area (Å²) in [5, 5.41) is 7.75. The molecule has 1 fully saturated rings. The smallest absolute Gasteiger partial charge is 0.216 e. The molecule has 2 N–H and O–H groups in total. The van der Waals surface area contributed by atoms with E-state index in [0.29, 0.717) is 6.04 Å². The van der Waals surface area contributed by atoms with E-state index in [0.717, 1.165) is 55.3 Å². The van der Waals surface area contributed by atoms with E-state index >= 15 is 0 Å². The molecular formula is C26H28N4O2S4. The Morgan fingerprint density at radius 1 is 0.917 bits per heavy atom. The fourth-order valence-corrected chi connectivity index (χ4v) is 6.65. The summed E-state index contributed by atoms with van der Waals surface area (Å²) in [4.78, 5) is 36.5. The van der Waals surface area contributed by atoms with E-state index in [1.807, 2.05) is 48.5 Å². The van der Waals surface area contributed by atoms with E-state index in [1.54, 1.807) is 30.4 Å². The number of thioether (sulfide) groups is 4. The third-order valence-electron chi connectivity index (χ3n) is 5.39. The van der Waals surface area contributed by atoms with Gasteiger partial charge in [-0.25, -0.2) is 9.98 Å². The van der Waals surface area contributed by atoms with E-state index in [9.17, 15) is 9.59 Å². The summed E-state index contributed by atoms with van der Waals surface area (Å²) < 4.78 is 0. The van der Waals surface area contributed by atoms with Gasteiger partial charge in [0.25, 0.3) is 0 Å². The van der Waals surface area contributed by atoms with Crippen LogP contribution < -0.4 is 10.6 Å². The fourth-order valence-electron chi connectivity index (χ4n) is 3.74. The maximum Gasteiger partial charge on any atom is 0.216 e. The molecule has 6 nitrogen and oxygen atoms in total. The van der Waals surface area contributed by atoms with E-state index < -0.39 is 0 Å². The first-order valence-corrected chi connectivity index (χ1v) is 15.1. The van der Waals surface area contributed by atoms with Crippen molar-refractivity contribution in [1.82, 2.24) is 10.6 Å². The summed E-state index contributed by atoms with van der Waals surface area (Å²) in [6.07, 6.45) is 7.39. The van der Waals surface area contributed by atoms with Gasteiger partial charge >= 0.3 is 0 Å². The normalized spacial score (nSPS) is 18.0. The Kier molecular flexibility index (Phi) is 10.0. The van der Waals surface area contributed by atoms with Crippen LogP contribution in [-0.4, -0.2) is 32.9 Å². The fraction of sp³-hybridized carbons (Fsp3) is 0.308. The minimum absolute atomic E-state index is 0.0714. The molecule has 4 rings (SSSR count). The average molecular weight is 557 g/mol. The van der Waals surface area contributed by atoms with Gasteiger partial charge < -0.3 is 10.6 Å². The van der Waals surface area contributed by atoms with Crippen molar-refractivity contribution in [3.05, 3.63) is 61.2 Å². The lowest BCUT2D eigenvalue weighted by Crippen LogP contribution is -2.48. The molecule has 0 bridgehead atoms. The van der Waals surface area contributed by atoms with Gasteiger partial charge in [0.2, 0.25) is 11.1 Å². The van der Waals surface area contributed by atoms with Crippen molar-refractivity contribution in [2.24, 2.45) is 9.98 Å². The monoisotopic (exact) mass is 556 g/mol. The Bertz CT molecular complexity index is 1140. The molecule has 1 saturated carbocycles. The van der Waals surface area contributed by atoms with Crippen LogP contribution in [0.25, 0.3) is 0 Å². The van der Waals surface area contributed by atoms with Gasteiger partial charge in [-0.1, -0.05) is 61.1 Å². The highest BCUT2D eigenvalue weighted by atomic mass is 32.2. The number of nitrogens with one attached hydrogen (secondary N) is 2. The van der Waals surface area contributed by atoms with Crippen LogP contribution in [0.3, 0.4) is 0 Å². The van der Waals surface area contributed by atoms with Gasteiger partial charge in [-0.2, -0.15) is 0 Å². The maximum absolute atomic E-state index is 11.6. The molecule has 0 saturated heterocycles. The zero-order valence-corrected chi connectivity index (χ0v) is 23.2. The van der Waals surface area contributed by atoms with Crippen LogP contribution in [-0.2, 0) is 9.59 Å². The van der Waals surface area contributed by atoms with Crippen molar-refractivity contribution < 1.29 is 9.59 Å². The van der Waals surface area contributed by atoms with Crippen LogP contribution >= 0.6 is 47.0 Å². The van der Waals surface area contributed by atoms with Crippen molar-refractivity contribution in [2.75, 3.05) is 0 Å². The number of amidine groups is 1. The Morgan fingerprint density at radius 2 is 1.53 bits per heavy atom. The zero-order valence-electron chi connectivity index (χ0n) is 19.9. The molecule has 0 spiro atoms. The first-order valence-electron chi connectivity index (χ1n) is 11.7. The first kappa shape index (κ1) is 26.9. The highest BCUT2D eigenvalue weighted by Crippen LogP contribution is 2.31. The summed E-state index contributed by atoms with van der Waals surface area (Å²) >= 11 is 5.50. The molecule has 36 heavy (non-hydrogen) atoms. The largest absolute Gasteiger partial charge is 0.353 e. The summed E-state index contributed by atoms with van der Waals surface area (Å²) in [7, 11) is 0. The van der Waals surface area contributed by atoms with Crippen molar-refractivity contribution >= 4 is 68.4 Å². The molecule has 1 atom stereocenters. The number of carbonyl (C=O) groups excluding carboxylic acids is 2. The topological polar surface area (TPSA) is 82.9 Å². The van der Waals surface area contributed by atoms with Crippen LogP contribution in [0.5, 0.6) is 0 Å². The van der Waals surface area contributed by atoms with Crippen molar-refractivity contribution in [1.29, 1.82) is 0 Å². The number of hydrogen-bond acceptors (Lipinski definition) is 10. The van der Waals surface area contributed by atoms with Gasteiger partial charge in [0.05, 0.1) is 0 Å². The molecule has 0 amide bonds. The van der Waals surface area contributed by atoms with Crippen LogP contribution in [0, 0.1) is 0 Å². The SMILES string of the molecule is C=CC(=O)Sc1ccc(SC2N=C(NC3CCCCC3)NC(Sc3ccc(SC(C)=O)cc3)=N2)cc1. The molecule has 1 unspecified atom stereocenters. The third-order valence-corrected chi connectivity index (χ3v) is 8.93. The lowest BCUT2D eigenvalue weighted by Gasteiger charge is -2.27. The van der Waals surface area contributed by atoms with E-state index in [-0.39, 0.29) is 15.7 Å². The first-order chi connectivity index (χ1) is 17.5. The Balaban J connectivity index is 1.47. The van der Waals surface area contributed by atoms with Crippen LogP contribution in [0.15, 0.2) is 90.8 Å². The predicted octanol–water partition coefficient (Wildman–Crippen LogP) is 6.54. The Morgan fingerprint density at radius 3 is 2.17 bits per heavy atom. The van der Waals surface area contributed by atoms with Crippen molar-refractivity contribution in [3.63, 3.8) is 0 Å². The van der Waals surface area contributed by atoms with Crippen LogP contribution in [0.2, 0.25) is 0 Å². The summed E-state index contributed by atoms with van der Waals surface area (Å²) in [5.41, 5.74) is -0.333. The number of carbonyl (C=O) groups is 2. The highest BCUT2D eigenvalue weighted by Gasteiger charge is 2.22. The zero-order chi connectivity index (χ0) is 25.3. The number of rotatable bonds is 7. The lowest BCUT2D eigenvalue weighted by atomic mass is 9.96. The van der Waals surface area contributed by atoms with Gasteiger partial charge in [-0.15, -0.1) is 0 Å². The molecule has 1 aliphatic heterocycles. The molecule has 2 aromatic rings. The molecule has 1 aliphatic carbocycles. The summed E-state index contributed by atoms with van der Waals surface area (Å²) in [6, 6.07) is 16.2. The molecule has 10 heteroatoms. The van der Waals surface area contributed by atoms with Crippen molar-refractivity contribution in [3.8, 4) is 0 Å². The molecule has 0 radical (unpaired) electrons. The summed E-state index contributed by atoms with van der Waals surface area (Å²) in [6.45, 7) is 5.09. The molecule has 2 aliphatic rings. The predicted molar refractivity (Wildman–Crippen MR) is 154 cm³/mol. The van der Waals surface area contributed by atoms with Gasteiger partial charge in [-0.05, 0) is 79.2 Å². The van der Waals surface area contributed by atoms with Crippen molar-refractivity contribution in [2.45, 2.75) is 70.1 Å². The van der Waals surface area contributed by atoms with Crippen LogP contribution in [0.1, 0.15) is 39.0 Å². The number of aliphatic imine (C=N–C) groups is 2. The molecule has 0 aromatic heterocycles. The molecule has 1 heterocycles. The van der Waals surface area contributed by atoms with Gasteiger partial charge in [-0.3, -0.25) is 9.59 Å². The molecule has 2 aromatic carbocycles. The lowest BCUT2D eigenvalue weighted by molar-refractivity contribution is -0.109. The second kappa shape index (κ2) is 13.4. The maximum atomic E-state index is 11.6. The Labute approximate surface area is 229 Å². The van der Waals surface area contributed by atoms with Gasteiger partial charge in [0, 0.05) is 32.5 Å². The number of guanidine groups is 1. The van der Waals surface area contributed by atoms with E-state index in [4.69, 9.17) is 9.98 Å². The standard InChI is InChI=1S/C26H28N4O2S4/c1-3-23(32)34-20-11-15-22(16-12-20)36-26-29-24(27-18-7-5-4-6-8-18)28-25(30-26)35-21-13-9-19(10-14-21)33-17(2)31/h3,9-16,18,26H,1,4-8H2,2H3,(H2,27,28,29,30). The minimum Gasteiger partial charge on any atom is -0.353 e. The second-order valence-corrected chi connectivity index (χ2v) is 12.7. The number of hydrogen-bond donors (Lipinski definition) is 2. The Hall–Kier alpha value is -2.14. The second-order valence-electron chi connectivity index (χ2n) is 8.22.